The standard InChI is InChI=1S/C19H21F3N2OS/c20-19(21,22)14-7-4-8-15(10-14)23-17(25)11-16-12-26-18(24-16)9-13-5-2-1-3-6-13/h1-3,5-6,12,14-15H,4,7-11H2,(H,23,25). The van der Waals surface area contributed by atoms with Crippen molar-refractivity contribution in [3.63, 3.8) is 0 Å². The Labute approximate surface area is 154 Å². The zero-order valence-electron chi connectivity index (χ0n) is 14.3. The zero-order chi connectivity index (χ0) is 18.6. The van der Waals surface area contributed by atoms with Crippen LogP contribution in [0.2, 0.25) is 0 Å². The van der Waals surface area contributed by atoms with Crippen LogP contribution in [0.5, 0.6) is 0 Å². The topological polar surface area (TPSA) is 42.0 Å². The lowest BCUT2D eigenvalue weighted by Gasteiger charge is -2.31. The van der Waals surface area contributed by atoms with Gasteiger partial charge < -0.3 is 5.32 Å². The SMILES string of the molecule is O=C(Cc1csc(Cc2ccccc2)n1)NC1CCCC(C(F)(F)F)C1. The van der Waals surface area contributed by atoms with Crippen LogP contribution in [0.4, 0.5) is 13.2 Å². The molecular weight excluding hydrogens is 361 g/mol. The van der Waals surface area contributed by atoms with E-state index in [-0.39, 0.29) is 25.2 Å². The minimum absolute atomic E-state index is 0.0223. The first-order valence-corrected chi connectivity index (χ1v) is 9.61. The Balaban J connectivity index is 1.51. The number of aromatic nitrogens is 1. The lowest BCUT2D eigenvalue weighted by Crippen LogP contribution is -2.42. The number of nitrogens with one attached hydrogen (secondary N) is 1. The van der Waals surface area contributed by atoms with E-state index in [1.165, 1.54) is 11.3 Å². The van der Waals surface area contributed by atoms with Gasteiger partial charge in [0.25, 0.3) is 0 Å². The molecule has 0 radical (unpaired) electrons. The van der Waals surface area contributed by atoms with Gasteiger partial charge in [-0.1, -0.05) is 36.8 Å². The molecular formula is C19H21F3N2OS. The number of thiazole rings is 1. The summed E-state index contributed by atoms with van der Waals surface area (Å²) in [4.78, 5) is 16.6. The van der Waals surface area contributed by atoms with Crippen LogP contribution in [0.15, 0.2) is 35.7 Å². The van der Waals surface area contributed by atoms with Gasteiger partial charge in [-0.25, -0.2) is 4.98 Å². The van der Waals surface area contributed by atoms with E-state index in [9.17, 15) is 18.0 Å². The quantitative estimate of drug-likeness (QED) is 0.827. The molecule has 0 spiro atoms. The van der Waals surface area contributed by atoms with Crippen LogP contribution < -0.4 is 5.32 Å². The van der Waals surface area contributed by atoms with Crippen LogP contribution in [-0.4, -0.2) is 23.1 Å². The first-order chi connectivity index (χ1) is 12.4. The van der Waals surface area contributed by atoms with Crippen LogP contribution in [0.1, 0.15) is 41.9 Å². The number of alkyl halides is 3. The second-order valence-corrected chi connectivity index (χ2v) is 7.68. The summed E-state index contributed by atoms with van der Waals surface area (Å²) in [7, 11) is 0. The summed E-state index contributed by atoms with van der Waals surface area (Å²) >= 11 is 1.50. The van der Waals surface area contributed by atoms with Crippen LogP contribution in [0.3, 0.4) is 0 Å². The fourth-order valence-electron chi connectivity index (χ4n) is 3.34. The summed E-state index contributed by atoms with van der Waals surface area (Å²) in [5.41, 5.74) is 1.82. The van der Waals surface area contributed by atoms with Crippen molar-refractivity contribution in [3.05, 3.63) is 52.0 Å². The van der Waals surface area contributed by atoms with Crippen molar-refractivity contribution in [1.82, 2.24) is 10.3 Å². The highest BCUT2D eigenvalue weighted by atomic mass is 32.1. The molecule has 3 nitrogen and oxygen atoms in total. The van der Waals surface area contributed by atoms with Gasteiger partial charge in [0.05, 0.1) is 23.0 Å². The fourth-order valence-corrected chi connectivity index (χ4v) is 4.17. The molecule has 1 N–H and O–H groups in total. The predicted octanol–water partition coefficient (Wildman–Crippen LogP) is 4.51. The average molecular weight is 382 g/mol. The van der Waals surface area contributed by atoms with Crippen molar-refractivity contribution < 1.29 is 18.0 Å². The van der Waals surface area contributed by atoms with E-state index in [2.05, 4.69) is 10.3 Å². The normalized spacial score (nSPS) is 20.7. The van der Waals surface area contributed by atoms with Gasteiger partial charge in [0.15, 0.2) is 0 Å². The highest BCUT2D eigenvalue weighted by Crippen LogP contribution is 2.37. The van der Waals surface area contributed by atoms with Gasteiger partial charge in [-0.2, -0.15) is 13.2 Å². The summed E-state index contributed by atoms with van der Waals surface area (Å²) in [6, 6.07) is 9.54. The van der Waals surface area contributed by atoms with Crippen molar-refractivity contribution in [1.29, 1.82) is 0 Å². The first-order valence-electron chi connectivity index (χ1n) is 8.73. The monoisotopic (exact) mass is 382 g/mol. The van der Waals surface area contributed by atoms with Crippen molar-refractivity contribution >= 4 is 17.2 Å². The Hall–Kier alpha value is -1.89. The van der Waals surface area contributed by atoms with E-state index in [1.807, 2.05) is 35.7 Å². The Bertz CT molecular complexity index is 730. The molecule has 0 saturated heterocycles. The lowest BCUT2D eigenvalue weighted by molar-refractivity contribution is -0.184. The number of benzene rings is 1. The third-order valence-electron chi connectivity index (χ3n) is 4.64. The van der Waals surface area contributed by atoms with E-state index in [4.69, 9.17) is 0 Å². The highest BCUT2D eigenvalue weighted by molar-refractivity contribution is 7.09. The number of hydrogen-bond donors (Lipinski definition) is 1. The fraction of sp³-hybridized carbons (Fsp3) is 0.474. The Morgan fingerprint density at radius 2 is 2.00 bits per heavy atom. The molecule has 1 aliphatic carbocycles. The maximum Gasteiger partial charge on any atom is 0.391 e. The van der Waals surface area contributed by atoms with Gasteiger partial charge >= 0.3 is 6.18 Å². The molecule has 1 aromatic carbocycles. The smallest absolute Gasteiger partial charge is 0.353 e. The van der Waals surface area contributed by atoms with Gasteiger partial charge in [-0.05, 0) is 24.8 Å². The van der Waals surface area contributed by atoms with Crippen molar-refractivity contribution in [2.75, 3.05) is 0 Å². The van der Waals surface area contributed by atoms with Crippen molar-refractivity contribution in [2.24, 2.45) is 5.92 Å². The van der Waals surface area contributed by atoms with Gasteiger partial charge in [-0.3, -0.25) is 4.79 Å². The molecule has 2 unspecified atom stereocenters. The van der Waals surface area contributed by atoms with E-state index in [0.717, 1.165) is 10.6 Å². The van der Waals surface area contributed by atoms with Gasteiger partial charge in [0.2, 0.25) is 5.91 Å². The minimum Gasteiger partial charge on any atom is -0.353 e. The Kier molecular flexibility index (Phi) is 5.96. The summed E-state index contributed by atoms with van der Waals surface area (Å²) in [5, 5.41) is 5.52. The van der Waals surface area contributed by atoms with Gasteiger partial charge in [0, 0.05) is 17.8 Å². The summed E-state index contributed by atoms with van der Waals surface area (Å²) in [6.45, 7) is 0. The van der Waals surface area contributed by atoms with Crippen LogP contribution >= 0.6 is 11.3 Å². The zero-order valence-corrected chi connectivity index (χ0v) is 15.1. The molecule has 1 fully saturated rings. The average Bonchev–Trinajstić information content (AvgIpc) is 3.02. The highest BCUT2D eigenvalue weighted by Gasteiger charge is 2.42. The number of halogens is 3. The van der Waals surface area contributed by atoms with Crippen molar-refractivity contribution in [3.8, 4) is 0 Å². The lowest BCUT2D eigenvalue weighted by atomic mass is 9.85. The number of nitrogens with zero attached hydrogens (tertiary/aromatic N) is 1. The maximum atomic E-state index is 12.9. The van der Waals surface area contributed by atoms with Gasteiger partial charge in [-0.15, -0.1) is 11.3 Å². The molecule has 7 heteroatoms. The molecule has 2 atom stereocenters. The number of hydrogen-bond acceptors (Lipinski definition) is 3. The van der Waals surface area contributed by atoms with Crippen LogP contribution in [0.25, 0.3) is 0 Å². The maximum absolute atomic E-state index is 12.9. The summed E-state index contributed by atoms with van der Waals surface area (Å²) in [5.74, 6) is -1.56. The Morgan fingerprint density at radius 1 is 1.23 bits per heavy atom. The second kappa shape index (κ2) is 8.20. The molecule has 0 bridgehead atoms. The van der Waals surface area contributed by atoms with Crippen molar-refractivity contribution in [2.45, 2.75) is 50.7 Å². The summed E-state index contributed by atoms with van der Waals surface area (Å²) in [6.07, 6.45) is -2.12. The molecule has 1 saturated carbocycles. The van der Waals surface area contributed by atoms with E-state index >= 15 is 0 Å². The van der Waals surface area contributed by atoms with Crippen LogP contribution in [0, 0.1) is 5.92 Å². The molecule has 1 heterocycles. The number of amides is 1. The predicted molar refractivity (Wildman–Crippen MR) is 95.0 cm³/mol. The molecule has 1 aromatic heterocycles. The summed E-state index contributed by atoms with van der Waals surface area (Å²) < 4.78 is 38.6. The van der Waals surface area contributed by atoms with Gasteiger partial charge in [0.1, 0.15) is 0 Å². The molecule has 1 aliphatic rings. The molecule has 26 heavy (non-hydrogen) atoms. The van der Waals surface area contributed by atoms with Crippen LogP contribution in [-0.2, 0) is 17.6 Å². The molecule has 0 aliphatic heterocycles. The van der Waals surface area contributed by atoms with E-state index in [0.29, 0.717) is 25.0 Å². The minimum atomic E-state index is -4.18. The first kappa shape index (κ1) is 18.9. The third kappa shape index (κ3) is 5.30. The third-order valence-corrected chi connectivity index (χ3v) is 5.54. The molecule has 1 amide bonds. The molecule has 2 aromatic rings. The number of carbonyl (C=O) groups is 1. The Morgan fingerprint density at radius 3 is 2.73 bits per heavy atom. The largest absolute Gasteiger partial charge is 0.391 e. The van der Waals surface area contributed by atoms with E-state index < -0.39 is 18.1 Å². The molecule has 3 rings (SSSR count). The number of rotatable bonds is 5. The number of carbonyl (C=O) groups excluding carboxylic acids is 1. The van der Waals surface area contributed by atoms with E-state index in [1.54, 1.807) is 0 Å². The molecule has 140 valence electrons. The second-order valence-electron chi connectivity index (χ2n) is 6.74.